The van der Waals surface area contributed by atoms with Gasteiger partial charge in [-0.15, -0.1) is 0 Å². The minimum Gasteiger partial charge on any atom is -0.506 e. The van der Waals surface area contributed by atoms with Gasteiger partial charge in [0.2, 0.25) is 0 Å². The maximum Gasteiger partial charge on any atom is 0.268 e. The summed E-state index contributed by atoms with van der Waals surface area (Å²) in [4.78, 5) is 0. The van der Waals surface area contributed by atoms with Crippen molar-refractivity contribution in [1.29, 1.82) is 0 Å². The number of aromatic hydroxyl groups is 1. The van der Waals surface area contributed by atoms with Crippen molar-refractivity contribution in [3.05, 3.63) is 36.4 Å². The lowest BCUT2D eigenvalue weighted by Gasteiger charge is -2.04. The van der Waals surface area contributed by atoms with Crippen LogP contribution in [0.25, 0.3) is 0 Å². The number of para-hydroxylation sites is 2. The number of nitrogens with one attached hydrogen (secondary N) is 1. The minimum atomic E-state index is -1.73. The van der Waals surface area contributed by atoms with Crippen molar-refractivity contribution in [2.45, 2.75) is 0 Å². The summed E-state index contributed by atoms with van der Waals surface area (Å²) in [5.41, 5.74) is 0.444. The number of anilines is 1. The summed E-state index contributed by atoms with van der Waals surface area (Å²) in [6.45, 7) is -0.0000926. The van der Waals surface area contributed by atoms with Gasteiger partial charge in [-0.05, 0) is 12.1 Å². The molecule has 0 saturated heterocycles. The molecule has 1 aromatic rings. The molecule has 0 radical (unpaired) electrons. The first-order valence-electron chi connectivity index (χ1n) is 3.73. The lowest BCUT2D eigenvalue weighted by Crippen LogP contribution is -1.98. The van der Waals surface area contributed by atoms with Crippen molar-refractivity contribution < 1.29 is 13.9 Å². The molecule has 2 nitrogen and oxygen atoms in total. The van der Waals surface area contributed by atoms with Crippen molar-refractivity contribution in [3.63, 3.8) is 0 Å². The second-order valence-electron chi connectivity index (χ2n) is 2.39. The third-order valence-corrected chi connectivity index (χ3v) is 1.45. The average Bonchev–Trinajstić information content (AvgIpc) is 2.08. The van der Waals surface area contributed by atoms with Gasteiger partial charge in [0.1, 0.15) is 5.75 Å². The summed E-state index contributed by atoms with van der Waals surface area (Å²) in [7, 11) is 0. The van der Waals surface area contributed by atoms with Crippen LogP contribution < -0.4 is 5.32 Å². The summed E-state index contributed by atoms with van der Waals surface area (Å²) in [6.07, 6.45) is -0.991. The number of hydrogen-bond donors (Lipinski definition) is 2. The van der Waals surface area contributed by atoms with Crippen molar-refractivity contribution >= 4 is 5.69 Å². The largest absolute Gasteiger partial charge is 0.506 e. The Labute approximate surface area is 74.5 Å². The van der Waals surface area contributed by atoms with Crippen LogP contribution in [-0.4, -0.2) is 11.7 Å². The molecule has 13 heavy (non-hydrogen) atoms. The Kier molecular flexibility index (Phi) is 3.25. The Bertz CT molecular complexity index is 308. The van der Waals surface area contributed by atoms with Crippen LogP contribution >= 0.6 is 0 Å². The van der Waals surface area contributed by atoms with Gasteiger partial charge in [-0.1, -0.05) is 12.1 Å². The maximum absolute atomic E-state index is 11.6. The molecule has 70 valence electrons. The minimum absolute atomic E-state index is 0.0000926. The number of hydrogen-bond acceptors (Lipinski definition) is 2. The van der Waals surface area contributed by atoms with Crippen LogP contribution in [0.3, 0.4) is 0 Å². The molecule has 0 spiro atoms. The number of phenolic OH excluding ortho intramolecular Hbond substituents is 1. The molecule has 0 heterocycles. The van der Waals surface area contributed by atoms with Gasteiger partial charge in [0, 0.05) is 12.6 Å². The van der Waals surface area contributed by atoms with E-state index in [4.69, 9.17) is 0 Å². The molecule has 4 heteroatoms. The van der Waals surface area contributed by atoms with Gasteiger partial charge < -0.3 is 10.4 Å². The van der Waals surface area contributed by atoms with E-state index in [0.29, 0.717) is 5.69 Å². The molecule has 0 unspecified atom stereocenters. The smallest absolute Gasteiger partial charge is 0.268 e. The lowest BCUT2D eigenvalue weighted by atomic mass is 10.3. The first kappa shape index (κ1) is 9.51. The van der Waals surface area contributed by atoms with Gasteiger partial charge in [-0.25, -0.2) is 0 Å². The highest BCUT2D eigenvalue weighted by Gasteiger charge is 1.96. The van der Waals surface area contributed by atoms with E-state index < -0.39 is 6.08 Å². The van der Waals surface area contributed by atoms with Crippen LogP contribution in [0.4, 0.5) is 14.5 Å². The van der Waals surface area contributed by atoms with Crippen LogP contribution in [0.2, 0.25) is 0 Å². The molecule has 1 rings (SSSR count). The second-order valence-corrected chi connectivity index (χ2v) is 2.39. The normalized spacial score (nSPS) is 9.38. The Morgan fingerprint density at radius 2 is 2.08 bits per heavy atom. The SMILES string of the molecule is Oc1ccccc1NCC=C(F)F. The molecule has 2 N–H and O–H groups in total. The average molecular weight is 185 g/mol. The molecule has 0 bridgehead atoms. The molecule has 0 aliphatic heterocycles. The fraction of sp³-hybridized carbons (Fsp3) is 0.111. The van der Waals surface area contributed by atoms with Crippen LogP contribution in [0.15, 0.2) is 36.4 Å². The highest BCUT2D eigenvalue weighted by atomic mass is 19.3. The molecule has 0 aromatic heterocycles. The summed E-state index contributed by atoms with van der Waals surface area (Å²) < 4.78 is 23.2. The summed E-state index contributed by atoms with van der Waals surface area (Å²) >= 11 is 0. The fourth-order valence-corrected chi connectivity index (χ4v) is 0.861. The third-order valence-electron chi connectivity index (χ3n) is 1.45. The second kappa shape index (κ2) is 4.45. The van der Waals surface area contributed by atoms with Gasteiger partial charge in [0.15, 0.2) is 0 Å². The van der Waals surface area contributed by atoms with Crippen LogP contribution in [0.1, 0.15) is 0 Å². The molecule has 0 fully saturated rings. The molecule has 1 aromatic carbocycles. The van der Waals surface area contributed by atoms with E-state index in [9.17, 15) is 13.9 Å². The lowest BCUT2D eigenvalue weighted by molar-refractivity contribution is 0.419. The molecular formula is C9H9F2NO. The standard InChI is InChI=1S/C9H9F2NO/c10-9(11)5-6-12-7-3-1-2-4-8(7)13/h1-5,12-13H,6H2. The third kappa shape index (κ3) is 3.11. The summed E-state index contributed by atoms with van der Waals surface area (Å²) in [5, 5.41) is 11.8. The van der Waals surface area contributed by atoms with Crippen molar-refractivity contribution in [2.75, 3.05) is 11.9 Å². The van der Waals surface area contributed by atoms with E-state index in [1.807, 2.05) is 0 Å². The topological polar surface area (TPSA) is 32.3 Å². The van der Waals surface area contributed by atoms with Crippen molar-refractivity contribution in [1.82, 2.24) is 0 Å². The fourth-order valence-electron chi connectivity index (χ4n) is 0.861. The van der Waals surface area contributed by atoms with E-state index in [2.05, 4.69) is 5.32 Å². The molecule has 0 aliphatic rings. The van der Waals surface area contributed by atoms with E-state index in [1.54, 1.807) is 18.2 Å². The van der Waals surface area contributed by atoms with E-state index in [0.717, 1.165) is 6.08 Å². The predicted molar refractivity (Wildman–Crippen MR) is 46.9 cm³/mol. The predicted octanol–water partition coefficient (Wildman–Crippen LogP) is 2.58. The maximum atomic E-state index is 11.6. The molecule has 0 aliphatic carbocycles. The first-order valence-corrected chi connectivity index (χ1v) is 3.73. The Morgan fingerprint density at radius 1 is 1.38 bits per heavy atom. The molecule has 0 amide bonds. The van der Waals surface area contributed by atoms with Crippen LogP contribution in [0, 0.1) is 0 Å². The monoisotopic (exact) mass is 185 g/mol. The number of halogens is 2. The molecular weight excluding hydrogens is 176 g/mol. The summed E-state index contributed by atoms with van der Waals surface area (Å²) in [6, 6.07) is 6.46. The Hall–Kier alpha value is -1.58. The van der Waals surface area contributed by atoms with Gasteiger partial charge in [-0.2, -0.15) is 8.78 Å². The number of phenols is 1. The number of rotatable bonds is 3. The van der Waals surface area contributed by atoms with Gasteiger partial charge in [-0.3, -0.25) is 0 Å². The van der Waals surface area contributed by atoms with E-state index in [-0.39, 0.29) is 12.3 Å². The quantitative estimate of drug-likeness (QED) is 0.709. The number of benzene rings is 1. The van der Waals surface area contributed by atoms with Gasteiger partial charge >= 0.3 is 0 Å². The molecule has 0 saturated carbocycles. The van der Waals surface area contributed by atoms with Gasteiger partial charge in [0.25, 0.3) is 6.08 Å². The Balaban J connectivity index is 2.55. The van der Waals surface area contributed by atoms with Gasteiger partial charge in [0.05, 0.1) is 5.69 Å². The highest BCUT2D eigenvalue weighted by molar-refractivity contribution is 5.55. The highest BCUT2D eigenvalue weighted by Crippen LogP contribution is 2.20. The van der Waals surface area contributed by atoms with Crippen molar-refractivity contribution in [3.8, 4) is 5.75 Å². The van der Waals surface area contributed by atoms with Crippen LogP contribution in [-0.2, 0) is 0 Å². The van der Waals surface area contributed by atoms with Crippen LogP contribution in [0.5, 0.6) is 5.75 Å². The Morgan fingerprint density at radius 3 is 2.69 bits per heavy atom. The first-order chi connectivity index (χ1) is 6.20. The molecule has 0 atom stereocenters. The van der Waals surface area contributed by atoms with Crippen molar-refractivity contribution in [2.24, 2.45) is 0 Å². The van der Waals surface area contributed by atoms with E-state index >= 15 is 0 Å². The van der Waals surface area contributed by atoms with E-state index in [1.165, 1.54) is 6.07 Å². The summed E-state index contributed by atoms with van der Waals surface area (Å²) in [5.74, 6) is 0.0511. The zero-order valence-electron chi connectivity index (χ0n) is 6.80. The zero-order chi connectivity index (χ0) is 9.68. The zero-order valence-corrected chi connectivity index (χ0v) is 6.80.